The van der Waals surface area contributed by atoms with Crippen molar-refractivity contribution in [1.29, 1.82) is 0 Å². The normalized spacial score (nSPS) is 20.2. The molecule has 0 amide bonds. The van der Waals surface area contributed by atoms with E-state index in [1.54, 1.807) is 4.90 Å². The van der Waals surface area contributed by atoms with Crippen LogP contribution in [0.5, 0.6) is 0 Å². The number of rotatable bonds is 3. The average molecular weight is 240 g/mol. The molecule has 17 heavy (non-hydrogen) atoms. The summed E-state index contributed by atoms with van der Waals surface area (Å²) < 4.78 is 0. The van der Waals surface area contributed by atoms with E-state index in [2.05, 4.69) is 10.2 Å². The lowest BCUT2D eigenvalue weighted by Gasteiger charge is -2.30. The molecule has 0 bridgehead atoms. The van der Waals surface area contributed by atoms with Crippen LogP contribution in [0.15, 0.2) is 6.20 Å². The van der Waals surface area contributed by atoms with Crippen LogP contribution in [0.25, 0.3) is 0 Å². The predicted octanol–water partition coefficient (Wildman–Crippen LogP) is 0.619. The highest BCUT2D eigenvalue weighted by Gasteiger charge is 2.29. The maximum Gasteiger partial charge on any atom is 0.366 e. The van der Waals surface area contributed by atoms with E-state index in [9.17, 15) is 14.9 Å². The SMILES string of the molecule is O=C(O)C1CCCN(c2cn[nH]c2[N+](=O)[O-])C1. The lowest BCUT2D eigenvalue weighted by Crippen LogP contribution is -2.38. The van der Waals surface area contributed by atoms with Crippen LogP contribution < -0.4 is 4.90 Å². The van der Waals surface area contributed by atoms with E-state index in [-0.39, 0.29) is 12.4 Å². The Labute approximate surface area is 96.4 Å². The molecule has 1 aliphatic heterocycles. The van der Waals surface area contributed by atoms with Gasteiger partial charge in [-0.25, -0.2) is 0 Å². The monoisotopic (exact) mass is 240 g/mol. The van der Waals surface area contributed by atoms with Gasteiger partial charge < -0.3 is 20.1 Å². The lowest BCUT2D eigenvalue weighted by molar-refractivity contribution is -0.388. The largest absolute Gasteiger partial charge is 0.481 e. The van der Waals surface area contributed by atoms with E-state index in [0.29, 0.717) is 25.1 Å². The molecule has 8 heteroatoms. The maximum absolute atomic E-state index is 10.9. The molecule has 2 heterocycles. The third kappa shape index (κ3) is 2.19. The molecule has 1 aromatic rings. The topological polar surface area (TPSA) is 112 Å². The van der Waals surface area contributed by atoms with Crippen LogP contribution in [0.3, 0.4) is 0 Å². The number of aliphatic carboxylic acids is 1. The number of carbonyl (C=O) groups is 1. The molecule has 8 nitrogen and oxygen atoms in total. The Kier molecular flexibility index (Phi) is 2.94. The summed E-state index contributed by atoms with van der Waals surface area (Å²) in [5.41, 5.74) is 0.362. The van der Waals surface area contributed by atoms with Gasteiger partial charge in [-0.1, -0.05) is 5.10 Å². The van der Waals surface area contributed by atoms with Crippen molar-refractivity contribution in [3.05, 3.63) is 16.3 Å². The molecular formula is C9H12N4O4. The van der Waals surface area contributed by atoms with E-state index in [1.807, 2.05) is 0 Å². The lowest BCUT2D eigenvalue weighted by atomic mass is 9.98. The van der Waals surface area contributed by atoms with Crippen molar-refractivity contribution in [1.82, 2.24) is 10.2 Å². The molecule has 1 aromatic heterocycles. The highest BCUT2D eigenvalue weighted by Crippen LogP contribution is 2.29. The van der Waals surface area contributed by atoms with Crippen LogP contribution in [0.1, 0.15) is 12.8 Å². The fourth-order valence-electron chi connectivity index (χ4n) is 2.04. The quantitative estimate of drug-likeness (QED) is 0.591. The molecule has 0 saturated carbocycles. The number of aromatic amines is 1. The zero-order chi connectivity index (χ0) is 12.4. The number of hydrogen-bond donors (Lipinski definition) is 2. The summed E-state index contributed by atoms with van der Waals surface area (Å²) >= 11 is 0. The van der Waals surface area contributed by atoms with E-state index in [1.165, 1.54) is 6.20 Å². The highest BCUT2D eigenvalue weighted by atomic mass is 16.6. The maximum atomic E-state index is 10.9. The van der Waals surface area contributed by atoms with Crippen molar-refractivity contribution < 1.29 is 14.8 Å². The first-order valence-electron chi connectivity index (χ1n) is 5.25. The van der Waals surface area contributed by atoms with E-state index >= 15 is 0 Å². The van der Waals surface area contributed by atoms with Crippen LogP contribution in [0.2, 0.25) is 0 Å². The molecule has 1 unspecified atom stereocenters. The minimum absolute atomic E-state index is 0.184. The smallest absolute Gasteiger partial charge is 0.366 e. The number of carboxylic acids is 1. The van der Waals surface area contributed by atoms with Crippen LogP contribution in [-0.2, 0) is 4.79 Å². The van der Waals surface area contributed by atoms with Crippen molar-refractivity contribution in [3.8, 4) is 0 Å². The summed E-state index contributed by atoms with van der Waals surface area (Å²) in [6.45, 7) is 0.903. The number of anilines is 1. The molecular weight excluding hydrogens is 228 g/mol. The number of carboxylic acid groups (broad SMARTS) is 1. The molecule has 1 aliphatic rings. The van der Waals surface area contributed by atoms with Crippen molar-refractivity contribution in [3.63, 3.8) is 0 Å². The number of nitro groups is 1. The first-order chi connectivity index (χ1) is 8.09. The van der Waals surface area contributed by atoms with Gasteiger partial charge in [-0.05, 0) is 17.8 Å². The number of H-pyrrole nitrogens is 1. The van der Waals surface area contributed by atoms with Crippen LogP contribution >= 0.6 is 0 Å². The fourth-order valence-corrected chi connectivity index (χ4v) is 2.04. The Hall–Kier alpha value is -2.12. The molecule has 1 saturated heterocycles. The van der Waals surface area contributed by atoms with Gasteiger partial charge in [0.05, 0.1) is 5.92 Å². The predicted molar refractivity (Wildman–Crippen MR) is 57.8 cm³/mol. The minimum atomic E-state index is -0.860. The summed E-state index contributed by atoms with van der Waals surface area (Å²) in [6, 6.07) is 0. The van der Waals surface area contributed by atoms with Crippen molar-refractivity contribution >= 4 is 17.5 Å². The van der Waals surface area contributed by atoms with Gasteiger partial charge in [-0.2, -0.15) is 0 Å². The van der Waals surface area contributed by atoms with E-state index in [0.717, 1.165) is 0 Å². The van der Waals surface area contributed by atoms with Gasteiger partial charge in [0.2, 0.25) is 0 Å². The Balaban J connectivity index is 2.19. The highest BCUT2D eigenvalue weighted by molar-refractivity contribution is 5.72. The minimum Gasteiger partial charge on any atom is -0.481 e. The molecule has 0 spiro atoms. The average Bonchev–Trinajstić information content (AvgIpc) is 2.78. The van der Waals surface area contributed by atoms with Crippen LogP contribution in [0.4, 0.5) is 11.5 Å². The molecule has 0 radical (unpaired) electrons. The number of piperidine rings is 1. The van der Waals surface area contributed by atoms with Gasteiger partial charge in [0.25, 0.3) is 0 Å². The summed E-state index contributed by atoms with van der Waals surface area (Å²) in [5, 5.41) is 25.6. The molecule has 0 aliphatic carbocycles. The van der Waals surface area contributed by atoms with Crippen LogP contribution in [0, 0.1) is 16.0 Å². The van der Waals surface area contributed by atoms with Crippen LogP contribution in [-0.4, -0.2) is 39.3 Å². The van der Waals surface area contributed by atoms with Gasteiger partial charge in [0.15, 0.2) is 5.69 Å². The summed E-state index contributed by atoms with van der Waals surface area (Å²) in [5.74, 6) is -1.52. The second kappa shape index (κ2) is 4.40. The summed E-state index contributed by atoms with van der Waals surface area (Å²) in [4.78, 5) is 22.8. The zero-order valence-corrected chi connectivity index (χ0v) is 9.00. The van der Waals surface area contributed by atoms with Gasteiger partial charge in [0.1, 0.15) is 6.20 Å². The third-order valence-corrected chi connectivity index (χ3v) is 2.89. The van der Waals surface area contributed by atoms with Gasteiger partial charge in [0, 0.05) is 13.1 Å². The van der Waals surface area contributed by atoms with E-state index in [4.69, 9.17) is 5.11 Å². The van der Waals surface area contributed by atoms with Crippen molar-refractivity contribution in [2.75, 3.05) is 18.0 Å². The molecule has 92 valence electrons. The molecule has 1 atom stereocenters. The number of aromatic nitrogens is 2. The molecule has 1 fully saturated rings. The van der Waals surface area contributed by atoms with E-state index < -0.39 is 16.8 Å². The van der Waals surface area contributed by atoms with Gasteiger partial charge >= 0.3 is 11.8 Å². The first-order valence-corrected chi connectivity index (χ1v) is 5.25. The Bertz CT molecular complexity index is 444. The second-order valence-corrected chi connectivity index (χ2v) is 3.98. The van der Waals surface area contributed by atoms with Crippen molar-refractivity contribution in [2.45, 2.75) is 12.8 Å². The van der Waals surface area contributed by atoms with Gasteiger partial charge in [-0.3, -0.25) is 4.79 Å². The third-order valence-electron chi connectivity index (χ3n) is 2.89. The second-order valence-electron chi connectivity index (χ2n) is 3.98. The summed E-state index contributed by atoms with van der Waals surface area (Å²) in [7, 11) is 0. The number of nitrogens with one attached hydrogen (secondary N) is 1. The zero-order valence-electron chi connectivity index (χ0n) is 9.00. The summed E-state index contributed by atoms with van der Waals surface area (Å²) in [6.07, 6.45) is 2.68. The van der Waals surface area contributed by atoms with Crippen molar-refractivity contribution in [2.24, 2.45) is 5.92 Å². The van der Waals surface area contributed by atoms with Gasteiger partial charge in [-0.15, -0.1) is 5.10 Å². The fraction of sp³-hybridized carbons (Fsp3) is 0.556. The molecule has 2 N–H and O–H groups in total. The number of nitrogens with zero attached hydrogens (tertiary/aromatic N) is 3. The number of hydrogen-bond acceptors (Lipinski definition) is 5. The standard InChI is InChI=1S/C9H12N4O4/c14-9(15)6-2-1-3-12(5-6)7-4-10-11-8(7)13(16)17/h4,6H,1-3,5H2,(H,10,11)(H,14,15). The Morgan fingerprint density at radius 2 is 2.47 bits per heavy atom. The Morgan fingerprint density at radius 3 is 3.12 bits per heavy atom. The molecule has 2 rings (SSSR count). The Morgan fingerprint density at radius 1 is 1.71 bits per heavy atom. The first kappa shape index (κ1) is 11.4. The molecule has 0 aromatic carbocycles.